The van der Waals surface area contributed by atoms with E-state index in [4.69, 9.17) is 4.74 Å². The summed E-state index contributed by atoms with van der Waals surface area (Å²) in [5.41, 5.74) is 0.196. The van der Waals surface area contributed by atoms with E-state index >= 15 is 0 Å². The lowest BCUT2D eigenvalue weighted by molar-refractivity contribution is 0.234. The van der Waals surface area contributed by atoms with Gasteiger partial charge in [-0.1, -0.05) is 26.7 Å². The summed E-state index contributed by atoms with van der Waals surface area (Å²) in [7, 11) is 0. The van der Waals surface area contributed by atoms with Crippen molar-refractivity contribution in [3.05, 3.63) is 0 Å². The Labute approximate surface area is 80.4 Å². The van der Waals surface area contributed by atoms with Gasteiger partial charge in [0.05, 0.1) is 12.5 Å². The van der Waals surface area contributed by atoms with Crippen LogP contribution in [0.2, 0.25) is 0 Å². The molecule has 2 nitrogen and oxygen atoms in total. The zero-order valence-corrected chi connectivity index (χ0v) is 8.85. The zero-order valence-electron chi connectivity index (χ0n) is 8.85. The molecule has 1 heterocycles. The Kier molecular flexibility index (Phi) is 2.98. The fourth-order valence-corrected chi connectivity index (χ4v) is 1.13. The highest BCUT2D eigenvalue weighted by molar-refractivity contribution is 5.80. The van der Waals surface area contributed by atoms with E-state index in [-0.39, 0.29) is 5.41 Å². The van der Waals surface area contributed by atoms with Gasteiger partial charge in [-0.05, 0) is 12.3 Å². The van der Waals surface area contributed by atoms with Crippen LogP contribution in [0.4, 0.5) is 0 Å². The van der Waals surface area contributed by atoms with Crippen molar-refractivity contribution in [1.82, 2.24) is 0 Å². The highest BCUT2D eigenvalue weighted by Gasteiger charge is 2.29. The van der Waals surface area contributed by atoms with Crippen LogP contribution >= 0.6 is 0 Å². The van der Waals surface area contributed by atoms with Crippen LogP contribution in [0.3, 0.4) is 0 Å². The van der Waals surface area contributed by atoms with Crippen LogP contribution in [0, 0.1) is 17.3 Å². The molecule has 0 aromatic rings. The third kappa shape index (κ3) is 2.77. The van der Waals surface area contributed by atoms with Gasteiger partial charge < -0.3 is 4.74 Å². The number of ether oxygens (including phenoxy) is 1. The Bertz CT molecular complexity index is 262. The predicted molar refractivity (Wildman–Crippen MR) is 54.7 cm³/mol. The molecule has 2 heteroatoms. The van der Waals surface area contributed by atoms with Gasteiger partial charge in [0.25, 0.3) is 0 Å². The normalized spacial score (nSPS) is 21.5. The van der Waals surface area contributed by atoms with Crippen molar-refractivity contribution in [2.75, 3.05) is 6.61 Å². The van der Waals surface area contributed by atoms with Crippen LogP contribution in [-0.2, 0) is 4.74 Å². The van der Waals surface area contributed by atoms with Crippen molar-refractivity contribution in [2.45, 2.75) is 40.2 Å². The van der Waals surface area contributed by atoms with Crippen LogP contribution in [0.1, 0.15) is 34.1 Å². The van der Waals surface area contributed by atoms with Crippen molar-refractivity contribution in [2.24, 2.45) is 10.4 Å². The quantitative estimate of drug-likeness (QED) is 0.566. The third-order valence-electron chi connectivity index (χ3n) is 2.12. The average Bonchev–Trinajstić information content (AvgIpc) is 2.47. The Hall–Kier alpha value is -0.970. The van der Waals surface area contributed by atoms with Crippen molar-refractivity contribution in [3.63, 3.8) is 0 Å². The van der Waals surface area contributed by atoms with Gasteiger partial charge in [-0.25, -0.2) is 4.99 Å². The first-order valence-electron chi connectivity index (χ1n) is 4.63. The molecule has 0 saturated carbocycles. The molecule has 0 radical (unpaired) electrons. The minimum Gasteiger partial charge on any atom is -0.478 e. The van der Waals surface area contributed by atoms with Crippen LogP contribution in [0.15, 0.2) is 4.99 Å². The number of rotatable bonds is 1. The molecule has 1 aliphatic heterocycles. The van der Waals surface area contributed by atoms with E-state index in [1.54, 1.807) is 0 Å². The molecule has 72 valence electrons. The SMILES string of the molecule is CC#CCC1=N[C@@H](C(C)(C)C)CO1. The second kappa shape index (κ2) is 3.83. The van der Waals surface area contributed by atoms with Gasteiger partial charge in [0.1, 0.15) is 6.61 Å². The molecule has 0 unspecified atom stereocenters. The minimum absolute atomic E-state index is 0.196. The van der Waals surface area contributed by atoms with E-state index in [0.717, 1.165) is 5.90 Å². The fraction of sp³-hybridized carbons (Fsp3) is 0.727. The van der Waals surface area contributed by atoms with E-state index in [1.165, 1.54) is 0 Å². The lowest BCUT2D eigenvalue weighted by Crippen LogP contribution is -2.25. The van der Waals surface area contributed by atoms with Crippen LogP contribution in [-0.4, -0.2) is 18.5 Å². The Morgan fingerprint density at radius 1 is 1.54 bits per heavy atom. The van der Waals surface area contributed by atoms with Crippen LogP contribution in [0.5, 0.6) is 0 Å². The molecule has 1 atom stereocenters. The van der Waals surface area contributed by atoms with Gasteiger partial charge in [0.15, 0.2) is 5.90 Å². The van der Waals surface area contributed by atoms with Crippen molar-refractivity contribution >= 4 is 5.90 Å². The zero-order chi connectivity index (χ0) is 9.90. The molecular formula is C11H17NO. The average molecular weight is 179 g/mol. The molecule has 0 aromatic carbocycles. The topological polar surface area (TPSA) is 21.6 Å². The number of aliphatic imine (C=N–C) groups is 1. The molecule has 0 aromatic heterocycles. The van der Waals surface area contributed by atoms with E-state index in [1.807, 2.05) is 6.92 Å². The fourth-order valence-electron chi connectivity index (χ4n) is 1.13. The highest BCUT2D eigenvalue weighted by atomic mass is 16.5. The Morgan fingerprint density at radius 3 is 2.69 bits per heavy atom. The Morgan fingerprint density at radius 2 is 2.23 bits per heavy atom. The van der Waals surface area contributed by atoms with Crippen molar-refractivity contribution < 1.29 is 4.74 Å². The molecule has 0 fully saturated rings. The monoisotopic (exact) mass is 179 g/mol. The summed E-state index contributed by atoms with van der Waals surface area (Å²) in [6, 6.07) is 0.293. The highest BCUT2D eigenvalue weighted by Crippen LogP contribution is 2.26. The van der Waals surface area contributed by atoms with Gasteiger partial charge in [-0.2, -0.15) is 0 Å². The van der Waals surface area contributed by atoms with Crippen LogP contribution in [0.25, 0.3) is 0 Å². The maximum atomic E-state index is 5.44. The summed E-state index contributed by atoms with van der Waals surface area (Å²) < 4.78 is 5.44. The molecular weight excluding hydrogens is 162 g/mol. The van der Waals surface area contributed by atoms with Crippen molar-refractivity contribution in [1.29, 1.82) is 0 Å². The van der Waals surface area contributed by atoms with E-state index < -0.39 is 0 Å². The van der Waals surface area contributed by atoms with Crippen LogP contribution < -0.4 is 0 Å². The molecule has 0 amide bonds. The molecule has 1 aliphatic rings. The second-order valence-electron chi connectivity index (χ2n) is 4.32. The molecule has 13 heavy (non-hydrogen) atoms. The summed E-state index contributed by atoms with van der Waals surface area (Å²) in [6.45, 7) is 9.08. The summed E-state index contributed by atoms with van der Waals surface area (Å²) >= 11 is 0. The smallest absolute Gasteiger partial charge is 0.196 e. The molecule has 0 saturated heterocycles. The van der Waals surface area contributed by atoms with E-state index in [9.17, 15) is 0 Å². The number of hydrogen-bond donors (Lipinski definition) is 0. The molecule has 1 rings (SSSR count). The number of hydrogen-bond acceptors (Lipinski definition) is 2. The third-order valence-corrected chi connectivity index (χ3v) is 2.12. The minimum atomic E-state index is 0.196. The first-order valence-corrected chi connectivity index (χ1v) is 4.63. The van der Waals surface area contributed by atoms with Gasteiger partial charge >= 0.3 is 0 Å². The summed E-state index contributed by atoms with van der Waals surface area (Å²) in [6.07, 6.45) is 0.656. The van der Waals surface area contributed by atoms with Gasteiger partial charge in [-0.3, -0.25) is 0 Å². The Balaban J connectivity index is 2.57. The summed E-state index contributed by atoms with van der Waals surface area (Å²) in [4.78, 5) is 4.49. The van der Waals surface area contributed by atoms with E-state index in [0.29, 0.717) is 19.1 Å². The number of nitrogens with zero attached hydrogens (tertiary/aromatic N) is 1. The maximum absolute atomic E-state index is 5.44. The first kappa shape index (κ1) is 10.1. The predicted octanol–water partition coefficient (Wildman–Crippen LogP) is 2.24. The lowest BCUT2D eigenvalue weighted by atomic mass is 9.88. The standard InChI is InChI=1S/C11H17NO/c1-5-6-7-10-12-9(8-13-10)11(2,3)4/h9H,7-8H2,1-4H3/t9-/m1/s1. The summed E-state index contributed by atoms with van der Waals surface area (Å²) in [5.74, 6) is 6.59. The first-order chi connectivity index (χ1) is 6.04. The van der Waals surface area contributed by atoms with Gasteiger partial charge in [-0.15, -0.1) is 5.92 Å². The van der Waals surface area contributed by atoms with Crippen molar-refractivity contribution in [3.8, 4) is 11.8 Å². The summed E-state index contributed by atoms with van der Waals surface area (Å²) in [5, 5.41) is 0. The van der Waals surface area contributed by atoms with E-state index in [2.05, 4.69) is 37.6 Å². The molecule has 0 bridgehead atoms. The molecule has 0 N–H and O–H groups in total. The lowest BCUT2D eigenvalue weighted by Gasteiger charge is -2.21. The van der Waals surface area contributed by atoms with Gasteiger partial charge in [0, 0.05) is 0 Å². The molecule has 0 aliphatic carbocycles. The molecule has 0 spiro atoms. The second-order valence-corrected chi connectivity index (χ2v) is 4.32. The maximum Gasteiger partial charge on any atom is 0.196 e. The largest absolute Gasteiger partial charge is 0.478 e. The van der Waals surface area contributed by atoms with Gasteiger partial charge in [0.2, 0.25) is 0 Å².